The van der Waals surface area contributed by atoms with Crippen LogP contribution in [0.1, 0.15) is 31.1 Å². The number of nitrogens with two attached hydrogens (primary N) is 1. The van der Waals surface area contributed by atoms with E-state index in [-0.39, 0.29) is 18.3 Å². The van der Waals surface area contributed by atoms with E-state index < -0.39 is 6.09 Å². The van der Waals surface area contributed by atoms with E-state index in [0.29, 0.717) is 0 Å². The number of hydrogen-bond acceptors (Lipinski definition) is 4. The van der Waals surface area contributed by atoms with Gasteiger partial charge in [-0.15, -0.1) is 0 Å². The molecule has 1 atom stereocenters. The monoisotopic (exact) mass is 341 g/mol. The zero-order valence-electron chi connectivity index (χ0n) is 14.7. The zero-order chi connectivity index (χ0) is 18.0. The lowest BCUT2D eigenvalue weighted by Gasteiger charge is -2.26. The molecule has 132 valence electrons. The van der Waals surface area contributed by atoms with Gasteiger partial charge in [-0.1, -0.05) is 44.2 Å². The van der Waals surface area contributed by atoms with Crippen molar-refractivity contribution < 1.29 is 19.0 Å². The van der Waals surface area contributed by atoms with Crippen molar-refractivity contribution in [3.63, 3.8) is 0 Å². The van der Waals surface area contributed by atoms with Gasteiger partial charge in [0.25, 0.3) is 0 Å². The van der Waals surface area contributed by atoms with Crippen LogP contribution in [0.5, 0.6) is 5.75 Å². The van der Waals surface area contributed by atoms with E-state index in [1.165, 1.54) is 5.56 Å². The van der Waals surface area contributed by atoms with Crippen LogP contribution in [0.25, 0.3) is 11.1 Å². The lowest BCUT2D eigenvalue weighted by atomic mass is 9.87. The van der Waals surface area contributed by atoms with Gasteiger partial charge in [0, 0.05) is 12.5 Å². The number of fused-ring (bicyclic) bond motifs is 1. The van der Waals surface area contributed by atoms with Gasteiger partial charge in [0.1, 0.15) is 11.9 Å². The number of ether oxygens (including phenoxy) is 3. The van der Waals surface area contributed by atoms with Crippen LogP contribution in [0, 0.1) is 5.41 Å². The fraction of sp³-hybridized carbons (Fsp3) is 0.350. The highest BCUT2D eigenvalue weighted by molar-refractivity contribution is 5.68. The highest BCUT2D eigenvalue weighted by atomic mass is 16.7. The summed E-state index contributed by atoms with van der Waals surface area (Å²) in [5.41, 5.74) is 9.42. The predicted molar refractivity (Wildman–Crippen MR) is 95.3 cm³/mol. The Morgan fingerprint density at radius 3 is 2.68 bits per heavy atom. The second-order valence-electron chi connectivity index (χ2n) is 6.97. The zero-order valence-corrected chi connectivity index (χ0v) is 14.7. The lowest BCUT2D eigenvalue weighted by Crippen LogP contribution is -2.25. The summed E-state index contributed by atoms with van der Waals surface area (Å²) in [6.45, 7) is 4.38. The number of carbonyl (C=O) groups excluding carboxylic acids is 1. The Bertz CT molecular complexity index is 785. The molecule has 0 saturated carbocycles. The van der Waals surface area contributed by atoms with E-state index in [9.17, 15) is 4.79 Å². The summed E-state index contributed by atoms with van der Waals surface area (Å²) in [5, 5.41) is 0. The Morgan fingerprint density at radius 2 is 1.96 bits per heavy atom. The van der Waals surface area contributed by atoms with E-state index in [4.69, 9.17) is 19.9 Å². The maximum atomic E-state index is 11.2. The minimum absolute atomic E-state index is 0.181. The fourth-order valence-electron chi connectivity index (χ4n) is 3.43. The van der Waals surface area contributed by atoms with Crippen molar-refractivity contribution in [2.75, 3.05) is 13.9 Å². The van der Waals surface area contributed by atoms with Crippen molar-refractivity contribution in [3.8, 4) is 16.9 Å². The maximum Gasteiger partial charge on any atom is 0.405 e. The smallest absolute Gasteiger partial charge is 0.405 e. The molecule has 25 heavy (non-hydrogen) atoms. The standard InChI is InChI=1S/C20H23NO4/c1-20(2)11-15-9-14(7-8-17(15)18(20)25-19(21)22)13-5-4-6-16(10-13)24-12-23-3/h4-10,18H,11-12H2,1-3H3,(H2,21,22). The van der Waals surface area contributed by atoms with Crippen LogP contribution in [0.2, 0.25) is 0 Å². The lowest BCUT2D eigenvalue weighted by molar-refractivity contribution is 0.0392. The average molecular weight is 341 g/mol. The topological polar surface area (TPSA) is 70.8 Å². The van der Waals surface area contributed by atoms with Crippen LogP contribution < -0.4 is 10.5 Å². The molecule has 0 heterocycles. The first-order valence-corrected chi connectivity index (χ1v) is 8.22. The molecule has 5 heteroatoms. The predicted octanol–water partition coefficient (Wildman–Crippen LogP) is 4.06. The molecule has 3 rings (SSSR count). The summed E-state index contributed by atoms with van der Waals surface area (Å²) in [7, 11) is 1.59. The van der Waals surface area contributed by atoms with Gasteiger partial charge >= 0.3 is 6.09 Å². The molecule has 1 amide bonds. The molecule has 1 aliphatic carbocycles. The SMILES string of the molecule is COCOc1cccc(-c2ccc3c(c2)CC(C)(C)C3OC(N)=O)c1. The number of hydrogen-bond donors (Lipinski definition) is 1. The molecule has 2 N–H and O–H groups in total. The second kappa shape index (κ2) is 6.76. The van der Waals surface area contributed by atoms with E-state index in [0.717, 1.165) is 28.9 Å². The summed E-state index contributed by atoms with van der Waals surface area (Å²) >= 11 is 0. The van der Waals surface area contributed by atoms with Crippen molar-refractivity contribution >= 4 is 6.09 Å². The van der Waals surface area contributed by atoms with Crippen LogP contribution in [0.15, 0.2) is 42.5 Å². The Kier molecular flexibility index (Phi) is 4.68. The van der Waals surface area contributed by atoms with Gasteiger partial charge in [-0.2, -0.15) is 0 Å². The molecule has 0 radical (unpaired) electrons. The van der Waals surface area contributed by atoms with Gasteiger partial charge in [-0.3, -0.25) is 0 Å². The van der Waals surface area contributed by atoms with Crippen LogP contribution >= 0.6 is 0 Å². The highest BCUT2D eigenvalue weighted by Gasteiger charge is 2.41. The van der Waals surface area contributed by atoms with Gasteiger partial charge < -0.3 is 19.9 Å². The van der Waals surface area contributed by atoms with Crippen LogP contribution in [0.3, 0.4) is 0 Å². The van der Waals surface area contributed by atoms with Crippen molar-refractivity contribution in [1.82, 2.24) is 0 Å². The number of rotatable bonds is 5. The highest BCUT2D eigenvalue weighted by Crippen LogP contribution is 2.48. The molecule has 5 nitrogen and oxygen atoms in total. The van der Waals surface area contributed by atoms with E-state index >= 15 is 0 Å². The molecule has 2 aromatic carbocycles. The number of benzene rings is 2. The molecule has 2 aromatic rings. The van der Waals surface area contributed by atoms with Gasteiger partial charge in [0.05, 0.1) is 0 Å². The molecule has 1 aliphatic rings. The van der Waals surface area contributed by atoms with Gasteiger partial charge in [-0.25, -0.2) is 4.79 Å². The molecule has 0 saturated heterocycles. The summed E-state index contributed by atoms with van der Waals surface area (Å²) in [6, 6.07) is 14.1. The summed E-state index contributed by atoms with van der Waals surface area (Å²) in [6.07, 6.45) is -0.225. The molecule has 0 spiro atoms. The number of methoxy groups -OCH3 is 1. The molecule has 0 aromatic heterocycles. The number of amides is 1. The fourth-order valence-corrected chi connectivity index (χ4v) is 3.43. The van der Waals surface area contributed by atoms with Crippen molar-refractivity contribution in [2.24, 2.45) is 11.1 Å². The van der Waals surface area contributed by atoms with E-state index in [1.807, 2.05) is 36.4 Å². The van der Waals surface area contributed by atoms with Gasteiger partial charge in [0.2, 0.25) is 0 Å². The third kappa shape index (κ3) is 3.61. The minimum Gasteiger partial charge on any atom is -0.468 e. The van der Waals surface area contributed by atoms with Crippen molar-refractivity contribution in [1.29, 1.82) is 0 Å². The summed E-state index contributed by atoms with van der Waals surface area (Å²) in [4.78, 5) is 11.2. The Labute approximate surface area is 147 Å². The first-order valence-electron chi connectivity index (χ1n) is 8.22. The van der Waals surface area contributed by atoms with E-state index in [1.54, 1.807) is 7.11 Å². The van der Waals surface area contributed by atoms with Crippen molar-refractivity contribution in [3.05, 3.63) is 53.6 Å². The van der Waals surface area contributed by atoms with Gasteiger partial charge in [0.15, 0.2) is 6.79 Å². The van der Waals surface area contributed by atoms with Crippen LogP contribution in [0.4, 0.5) is 4.79 Å². The maximum absolute atomic E-state index is 11.2. The second-order valence-corrected chi connectivity index (χ2v) is 6.97. The normalized spacial score (nSPS) is 17.8. The summed E-state index contributed by atoms with van der Waals surface area (Å²) in [5.74, 6) is 0.759. The first-order chi connectivity index (χ1) is 11.9. The van der Waals surface area contributed by atoms with Crippen LogP contribution in [-0.4, -0.2) is 20.0 Å². The Hall–Kier alpha value is -2.53. The Balaban J connectivity index is 1.91. The van der Waals surface area contributed by atoms with Crippen molar-refractivity contribution in [2.45, 2.75) is 26.4 Å². The van der Waals surface area contributed by atoms with E-state index in [2.05, 4.69) is 19.9 Å². The molecular formula is C20H23NO4. The third-order valence-corrected chi connectivity index (χ3v) is 4.53. The van der Waals surface area contributed by atoms with Gasteiger partial charge in [-0.05, 0) is 40.8 Å². The molecule has 0 aliphatic heterocycles. The molecule has 0 bridgehead atoms. The first kappa shape index (κ1) is 17.3. The van der Waals surface area contributed by atoms with Crippen LogP contribution in [-0.2, 0) is 15.9 Å². The minimum atomic E-state index is -0.738. The molecule has 0 fully saturated rings. The number of carbonyl (C=O) groups is 1. The quantitative estimate of drug-likeness (QED) is 0.833. The molecular weight excluding hydrogens is 318 g/mol. The summed E-state index contributed by atoms with van der Waals surface area (Å²) < 4.78 is 15.8. The Morgan fingerprint density at radius 1 is 1.20 bits per heavy atom. The average Bonchev–Trinajstić information content (AvgIpc) is 2.82. The molecule has 1 unspecified atom stereocenters. The third-order valence-electron chi connectivity index (χ3n) is 4.53. The largest absolute Gasteiger partial charge is 0.468 e. The number of primary amides is 1.